The Morgan fingerprint density at radius 1 is 1.06 bits per heavy atom. The molecule has 2 unspecified atom stereocenters. The Balaban J connectivity index is 1.24. The maximum absolute atomic E-state index is 14.3. The third-order valence-electron chi connectivity index (χ3n) is 6.73. The molecule has 0 saturated heterocycles. The predicted molar refractivity (Wildman–Crippen MR) is 140 cm³/mol. The van der Waals surface area contributed by atoms with E-state index in [1.54, 1.807) is 0 Å². The number of allylic oxidation sites excluding steroid dienone is 4. The Bertz CT molecular complexity index is 1540. The second-order valence-electron chi connectivity index (χ2n) is 9.10. The number of aromatic amines is 1. The number of rotatable bonds is 4. The van der Waals surface area contributed by atoms with E-state index in [4.69, 9.17) is 28.2 Å². The molecule has 2 atom stereocenters. The number of aromatic nitrogens is 3. The molecule has 174 valence electrons. The van der Waals surface area contributed by atoms with Gasteiger partial charge in [-0.2, -0.15) is 5.10 Å². The van der Waals surface area contributed by atoms with E-state index in [0.29, 0.717) is 22.2 Å². The van der Waals surface area contributed by atoms with E-state index < -0.39 is 0 Å². The quantitative estimate of drug-likeness (QED) is 0.311. The average molecular weight is 503 g/mol. The van der Waals surface area contributed by atoms with Crippen LogP contribution in [0.25, 0.3) is 16.5 Å². The van der Waals surface area contributed by atoms with Gasteiger partial charge in [-0.15, -0.1) is 0 Å². The van der Waals surface area contributed by atoms with Gasteiger partial charge in [0.2, 0.25) is 0 Å². The van der Waals surface area contributed by atoms with Gasteiger partial charge in [-0.3, -0.25) is 15.1 Å². The predicted octanol–water partition coefficient (Wildman–Crippen LogP) is 7.65. The molecule has 4 nitrogen and oxygen atoms in total. The first-order valence-corrected chi connectivity index (χ1v) is 12.3. The van der Waals surface area contributed by atoms with Gasteiger partial charge in [-0.1, -0.05) is 53.6 Å². The SMILES string of the molecule is Fc1cc(Cl)cnc1CC1C=CC=C(c2cc(Cl)c3c(c2)CC(c2ccc4cn[nH]c4c2)C=N3)C1. The first-order chi connectivity index (χ1) is 17.0. The van der Waals surface area contributed by atoms with Crippen molar-refractivity contribution in [3.63, 3.8) is 0 Å². The Labute approximate surface area is 212 Å². The van der Waals surface area contributed by atoms with Crippen LogP contribution in [0.1, 0.15) is 34.7 Å². The first-order valence-electron chi connectivity index (χ1n) is 11.5. The molecular weight excluding hydrogens is 482 g/mol. The largest absolute Gasteiger partial charge is 0.278 e. The van der Waals surface area contributed by atoms with Crippen molar-refractivity contribution in [2.75, 3.05) is 0 Å². The molecule has 0 spiro atoms. The summed E-state index contributed by atoms with van der Waals surface area (Å²) in [4.78, 5) is 8.91. The molecule has 1 N–H and O–H groups in total. The highest BCUT2D eigenvalue weighted by Gasteiger charge is 2.22. The fourth-order valence-electron chi connectivity index (χ4n) is 4.93. The number of halogens is 3. The number of pyridine rings is 1. The van der Waals surface area contributed by atoms with Crippen LogP contribution in [-0.2, 0) is 12.8 Å². The van der Waals surface area contributed by atoms with Crippen LogP contribution >= 0.6 is 23.2 Å². The topological polar surface area (TPSA) is 53.9 Å². The minimum atomic E-state index is -0.365. The minimum absolute atomic E-state index is 0.139. The first kappa shape index (κ1) is 22.2. The van der Waals surface area contributed by atoms with Crippen LogP contribution in [0.5, 0.6) is 0 Å². The lowest BCUT2D eigenvalue weighted by atomic mass is 9.84. The highest BCUT2D eigenvalue weighted by Crippen LogP contribution is 2.40. The van der Waals surface area contributed by atoms with Gasteiger partial charge in [0.1, 0.15) is 5.82 Å². The summed E-state index contributed by atoms with van der Waals surface area (Å²) in [5, 5.41) is 9.21. The van der Waals surface area contributed by atoms with Gasteiger partial charge in [-0.05, 0) is 71.7 Å². The zero-order valence-corrected chi connectivity index (χ0v) is 20.2. The summed E-state index contributed by atoms with van der Waals surface area (Å²) in [6, 6.07) is 11.9. The molecule has 7 heteroatoms. The smallest absolute Gasteiger partial charge is 0.146 e. The number of aliphatic imine (C=N–C) groups is 1. The van der Waals surface area contributed by atoms with Gasteiger partial charge in [-0.25, -0.2) is 4.39 Å². The second-order valence-corrected chi connectivity index (χ2v) is 9.94. The number of nitrogens with zero attached hydrogens (tertiary/aromatic N) is 3. The molecule has 35 heavy (non-hydrogen) atoms. The van der Waals surface area contributed by atoms with Gasteiger partial charge in [0.05, 0.1) is 33.1 Å². The lowest BCUT2D eigenvalue weighted by molar-refractivity contribution is 0.566. The lowest BCUT2D eigenvalue weighted by Gasteiger charge is -2.23. The van der Waals surface area contributed by atoms with Crippen LogP contribution in [0.2, 0.25) is 10.0 Å². The Kier molecular flexibility index (Phi) is 5.75. The van der Waals surface area contributed by atoms with Crippen LogP contribution in [0.15, 0.2) is 72.0 Å². The van der Waals surface area contributed by atoms with Gasteiger partial charge in [0.25, 0.3) is 0 Å². The third-order valence-corrected chi connectivity index (χ3v) is 7.23. The van der Waals surface area contributed by atoms with E-state index in [9.17, 15) is 4.39 Å². The van der Waals surface area contributed by atoms with Crippen molar-refractivity contribution in [2.24, 2.45) is 10.9 Å². The van der Waals surface area contributed by atoms with E-state index in [1.807, 2.05) is 24.6 Å². The molecule has 2 aromatic carbocycles. The summed E-state index contributed by atoms with van der Waals surface area (Å²) < 4.78 is 14.3. The average Bonchev–Trinajstić information content (AvgIpc) is 3.34. The Hall–Kier alpha value is -3.28. The van der Waals surface area contributed by atoms with Gasteiger partial charge in [0.15, 0.2) is 0 Å². The summed E-state index contributed by atoms with van der Waals surface area (Å²) in [5.41, 5.74) is 6.85. The summed E-state index contributed by atoms with van der Waals surface area (Å²) in [6.07, 6.45) is 13.7. The standard InChI is InChI=1S/C28H21Cl2FN4/c29-23-12-25(31)27(32-15-23)7-16-2-1-3-17(6-16)20-8-21-9-22(13-33-28(21)24(30)10-20)18-4-5-19-14-34-35-26(19)11-18/h1-5,8,10-16,22H,6-7,9H2,(H,34,35). The van der Waals surface area contributed by atoms with E-state index >= 15 is 0 Å². The van der Waals surface area contributed by atoms with Crippen LogP contribution < -0.4 is 0 Å². The Morgan fingerprint density at radius 2 is 1.97 bits per heavy atom. The van der Waals surface area contributed by atoms with Gasteiger partial charge in [0, 0.05) is 23.7 Å². The lowest BCUT2D eigenvalue weighted by Crippen LogP contribution is -2.11. The molecule has 6 rings (SSSR count). The molecule has 0 amide bonds. The molecule has 0 radical (unpaired) electrons. The molecule has 2 aromatic heterocycles. The fraction of sp³-hybridized carbons (Fsp3) is 0.179. The van der Waals surface area contributed by atoms with E-state index in [0.717, 1.165) is 40.6 Å². The Morgan fingerprint density at radius 3 is 2.86 bits per heavy atom. The molecule has 4 aromatic rings. The van der Waals surface area contributed by atoms with Crippen molar-refractivity contribution < 1.29 is 4.39 Å². The second kappa shape index (κ2) is 9.06. The summed E-state index contributed by atoms with van der Waals surface area (Å²) in [5.74, 6) is -0.0654. The number of H-pyrrole nitrogens is 1. The van der Waals surface area contributed by atoms with E-state index in [2.05, 4.69) is 51.6 Å². The number of hydrogen-bond acceptors (Lipinski definition) is 3. The van der Waals surface area contributed by atoms with Crippen LogP contribution in [-0.4, -0.2) is 21.4 Å². The maximum Gasteiger partial charge on any atom is 0.146 e. The van der Waals surface area contributed by atoms with Crippen molar-refractivity contribution >= 4 is 51.6 Å². The number of fused-ring (bicyclic) bond motifs is 2. The minimum Gasteiger partial charge on any atom is -0.278 e. The molecule has 2 aliphatic rings. The molecule has 0 saturated carbocycles. The highest BCUT2D eigenvalue weighted by atomic mass is 35.5. The van der Waals surface area contributed by atoms with Gasteiger partial charge < -0.3 is 0 Å². The van der Waals surface area contributed by atoms with Crippen molar-refractivity contribution in [2.45, 2.75) is 25.2 Å². The monoisotopic (exact) mass is 502 g/mol. The zero-order valence-electron chi connectivity index (χ0n) is 18.7. The van der Waals surface area contributed by atoms with E-state index in [1.165, 1.54) is 23.4 Å². The molecular formula is C28H21Cl2FN4. The fourth-order valence-corrected chi connectivity index (χ4v) is 5.36. The third kappa shape index (κ3) is 4.42. The van der Waals surface area contributed by atoms with Crippen molar-refractivity contribution in [1.29, 1.82) is 0 Å². The van der Waals surface area contributed by atoms with Crippen molar-refractivity contribution in [1.82, 2.24) is 15.2 Å². The van der Waals surface area contributed by atoms with Crippen LogP contribution in [0.3, 0.4) is 0 Å². The summed E-state index contributed by atoms with van der Waals surface area (Å²) in [7, 11) is 0. The van der Waals surface area contributed by atoms with Crippen molar-refractivity contribution in [3.05, 3.63) is 105 Å². The van der Waals surface area contributed by atoms with Crippen molar-refractivity contribution in [3.8, 4) is 0 Å². The number of hydrogen-bond donors (Lipinski definition) is 1. The molecule has 3 heterocycles. The molecule has 1 aliphatic carbocycles. The van der Waals surface area contributed by atoms with Crippen LogP contribution in [0.4, 0.5) is 10.1 Å². The van der Waals surface area contributed by atoms with E-state index in [-0.39, 0.29) is 17.7 Å². The molecule has 0 bridgehead atoms. The maximum atomic E-state index is 14.3. The number of benzene rings is 2. The molecule has 0 fully saturated rings. The highest BCUT2D eigenvalue weighted by molar-refractivity contribution is 6.33. The summed E-state index contributed by atoms with van der Waals surface area (Å²) in [6.45, 7) is 0. The number of nitrogens with one attached hydrogen (secondary N) is 1. The normalized spacial score (nSPS) is 19.1. The van der Waals surface area contributed by atoms with Gasteiger partial charge >= 0.3 is 0 Å². The van der Waals surface area contributed by atoms with Crippen LogP contribution in [0, 0.1) is 11.7 Å². The zero-order chi connectivity index (χ0) is 23.9. The summed E-state index contributed by atoms with van der Waals surface area (Å²) >= 11 is 12.5. The molecule has 1 aliphatic heterocycles.